The average molecular weight is 1800 g/mol. The molecule has 6 aromatic heterocycles. The van der Waals surface area contributed by atoms with Crippen molar-refractivity contribution in [1.29, 1.82) is 0 Å². The monoisotopic (exact) mass is 1800 g/mol. The molecule has 3 fully saturated rings. The number of para-hydroxylation sites is 5. The summed E-state index contributed by atoms with van der Waals surface area (Å²) in [5.41, 5.74) is 39.8. The van der Waals surface area contributed by atoms with E-state index in [1.807, 2.05) is 295 Å². The highest BCUT2D eigenvalue weighted by atomic mass is 16.2. The van der Waals surface area contributed by atoms with Gasteiger partial charge in [-0.1, -0.05) is 200 Å². The van der Waals surface area contributed by atoms with Gasteiger partial charge in [-0.05, 0) is 197 Å². The number of fused-ring (bicyclic) bond motifs is 3. The highest BCUT2D eigenvalue weighted by Crippen LogP contribution is 2.37. The van der Waals surface area contributed by atoms with Gasteiger partial charge in [-0.15, -0.1) is 0 Å². The van der Waals surface area contributed by atoms with E-state index in [0.717, 1.165) is 180 Å². The number of aromatic nitrogens is 9. The van der Waals surface area contributed by atoms with Gasteiger partial charge in [0.15, 0.2) is 17.3 Å². The normalized spacial score (nSPS) is 13.6. The van der Waals surface area contributed by atoms with E-state index in [9.17, 15) is 28.8 Å². The second-order valence-corrected chi connectivity index (χ2v) is 35.3. The molecule has 0 bridgehead atoms. The van der Waals surface area contributed by atoms with Crippen molar-refractivity contribution in [1.82, 2.24) is 59.6 Å². The minimum atomic E-state index is -0.0956. The fourth-order valence-corrected chi connectivity index (χ4v) is 18.8. The van der Waals surface area contributed by atoms with Crippen molar-refractivity contribution >= 4 is 108 Å². The van der Waals surface area contributed by atoms with Gasteiger partial charge < -0.3 is 56.7 Å². The Balaban J connectivity index is 0.000000136. The number of nitrogens with one attached hydrogen (secondary N) is 3. The Hall–Kier alpha value is -16.3. The van der Waals surface area contributed by atoms with Gasteiger partial charge in [-0.2, -0.15) is 0 Å². The molecule has 3 saturated heterocycles. The number of nitrogens with two attached hydrogens (primary N) is 3. The van der Waals surface area contributed by atoms with Crippen molar-refractivity contribution < 1.29 is 28.8 Å². The van der Waals surface area contributed by atoms with E-state index in [2.05, 4.69) is 52.9 Å². The van der Waals surface area contributed by atoms with Gasteiger partial charge in [0.25, 0.3) is 0 Å². The molecule has 0 spiro atoms. The smallest absolute Gasteiger partial charge is 0.230 e. The molecule has 136 heavy (non-hydrogen) atoms. The van der Waals surface area contributed by atoms with E-state index in [1.165, 1.54) is 0 Å². The van der Waals surface area contributed by atoms with E-state index in [-0.39, 0.29) is 66.4 Å². The molecule has 9 heterocycles. The zero-order valence-electron chi connectivity index (χ0n) is 75.9. The van der Waals surface area contributed by atoms with Crippen LogP contribution in [-0.4, -0.2) is 146 Å². The molecule has 23 nitrogen and oxygen atoms in total. The van der Waals surface area contributed by atoms with E-state index < -0.39 is 0 Å². The largest absolute Gasteiger partial charge is 0.398 e. The molecule has 0 saturated carbocycles. The van der Waals surface area contributed by atoms with Crippen LogP contribution >= 0.6 is 0 Å². The number of hydrogen-bond acceptors (Lipinski definition) is 17. The number of likely N-dealkylation sites (tertiary alicyclic amines) is 3. The first-order valence-electron chi connectivity index (χ1n) is 46.6. The number of H-pyrrole nitrogens is 3. The van der Waals surface area contributed by atoms with Crippen molar-refractivity contribution in [2.45, 2.75) is 102 Å². The van der Waals surface area contributed by atoms with Crippen LogP contribution in [0.15, 0.2) is 329 Å². The second kappa shape index (κ2) is 42.1. The summed E-state index contributed by atoms with van der Waals surface area (Å²) < 4.78 is 0. The quantitative estimate of drug-likeness (QED) is 0.0217. The molecule has 3 aliphatic heterocycles. The number of aryl methyl sites for hydroxylation is 1. The summed E-state index contributed by atoms with van der Waals surface area (Å²) in [5, 5.41) is 3.31. The molecular formula is C113H107N17O6. The third-order valence-corrected chi connectivity index (χ3v) is 26.4. The van der Waals surface area contributed by atoms with Crippen LogP contribution in [0, 0.1) is 12.8 Å². The average Bonchev–Trinajstić information content (AvgIpc) is 0.825. The Morgan fingerprint density at radius 3 is 1.02 bits per heavy atom. The first-order valence-corrected chi connectivity index (χ1v) is 46.6. The summed E-state index contributed by atoms with van der Waals surface area (Å²) in [6.07, 6.45) is 20.9. The van der Waals surface area contributed by atoms with Gasteiger partial charge in [-0.25, -0.2) is 29.9 Å². The van der Waals surface area contributed by atoms with Crippen LogP contribution in [0.5, 0.6) is 0 Å². The fourth-order valence-electron chi connectivity index (χ4n) is 18.8. The Morgan fingerprint density at radius 2 is 0.647 bits per heavy atom. The number of benzene rings is 11. The number of ketones is 3. The van der Waals surface area contributed by atoms with Gasteiger partial charge in [0.2, 0.25) is 29.6 Å². The molecule has 0 unspecified atom stereocenters. The van der Waals surface area contributed by atoms with Gasteiger partial charge in [0.1, 0.15) is 5.82 Å². The SMILES string of the molecule is Cc1[nH]c2ccccc2c1CC(=O)N1CCC(N(c2ccccc2)c2ncc(C(=O)Cc3cc(-c4ccccc4)ccc3N)cn2)CC1.Nc1ccc(-c2ccccc2)cc1CC(=O)c1cnc(CC2CCN(C(=O)Cc3c[nH]c4ccccc34)CC2)nc1.Nc1ccc(-c2ccccc2)cc1CC(=O)c1cnc(N(c2ccccc2)C2CCN(C(=O)Cc3c[nH]c4ccccc34)CC2)nc1. The highest BCUT2D eigenvalue weighted by molar-refractivity contribution is 6.00. The summed E-state index contributed by atoms with van der Waals surface area (Å²) in [5.74, 6) is 2.39. The molecule has 17 aromatic rings. The number of piperidine rings is 3. The summed E-state index contributed by atoms with van der Waals surface area (Å²) in [6, 6.07) is 92.1. The van der Waals surface area contributed by atoms with Gasteiger partial charge in [-0.3, -0.25) is 28.8 Å². The van der Waals surface area contributed by atoms with Crippen molar-refractivity contribution in [3.8, 4) is 33.4 Å². The molecule has 0 atom stereocenters. The third-order valence-electron chi connectivity index (χ3n) is 26.4. The maximum atomic E-state index is 13.5. The predicted molar refractivity (Wildman–Crippen MR) is 539 cm³/mol. The predicted octanol–water partition coefficient (Wildman–Crippen LogP) is 20.0. The first kappa shape index (κ1) is 90.3. The van der Waals surface area contributed by atoms with Crippen molar-refractivity contribution in [3.05, 3.63) is 390 Å². The summed E-state index contributed by atoms with van der Waals surface area (Å²) in [6.45, 7) is 6.11. The van der Waals surface area contributed by atoms with Gasteiger partial charge in [0.05, 0.1) is 36.0 Å². The lowest BCUT2D eigenvalue weighted by molar-refractivity contribution is -0.132. The van der Waals surface area contributed by atoms with Gasteiger partial charge in [0, 0.05) is 193 Å². The number of hydrogen-bond donors (Lipinski definition) is 6. The number of rotatable bonds is 26. The van der Waals surface area contributed by atoms with Crippen LogP contribution in [-0.2, 0) is 59.3 Å². The lowest BCUT2D eigenvalue weighted by Crippen LogP contribution is -2.46. The van der Waals surface area contributed by atoms with Crippen LogP contribution in [0.25, 0.3) is 66.1 Å². The van der Waals surface area contributed by atoms with Crippen LogP contribution in [0.2, 0.25) is 0 Å². The summed E-state index contributed by atoms with van der Waals surface area (Å²) >= 11 is 0. The summed E-state index contributed by atoms with van der Waals surface area (Å²) in [7, 11) is 0. The molecule has 20 rings (SSSR count). The number of amides is 3. The van der Waals surface area contributed by atoms with Crippen LogP contribution in [0.3, 0.4) is 0 Å². The zero-order valence-corrected chi connectivity index (χ0v) is 75.9. The number of Topliss-reactive ketones (excluding diaryl/α,β-unsaturated/α-hetero) is 3. The molecule has 0 aliphatic carbocycles. The second-order valence-electron chi connectivity index (χ2n) is 35.3. The number of nitrogen functional groups attached to an aromatic ring is 3. The standard InChI is InChI=1S/C40H38N6O2.C39H36N6O2.C34H33N5O2/c1-27-35(34-14-8-9-15-37(34)44-27)24-39(48)45-20-18-33(19-21-45)46(32-12-6-3-7-13-32)40-42-25-31(26-43-40)38(47)23-30-22-29(16-17-36(30)41)28-10-4-2-5-11-28;40-35-16-15-28(27-9-3-1-4-10-27)21-29(35)22-37(46)31-25-42-39(43-26-31)45(32-11-5-2-6-12-32)33-17-19-44(20-18-33)38(47)23-30-24-41-36-14-8-7-13-34(30)36;35-30-11-10-25(24-6-2-1-3-7-24)17-26(30)18-32(40)28-21-37-33(38-22-28)16-23-12-14-39(15-13-23)34(41)19-27-20-36-31-9-5-4-8-29(27)31/h2-17,22,25-26,33,44H,18-21,23-24,41H2,1H3;1-16,21,24-26,33,41H,17-20,22-23,40H2;1-11,17,20-23,36H,12-16,18-19,35H2. The van der Waals surface area contributed by atoms with Gasteiger partial charge >= 0.3 is 0 Å². The minimum Gasteiger partial charge on any atom is -0.398 e. The molecule has 3 amide bonds. The lowest BCUT2D eigenvalue weighted by atomic mass is 9.92. The van der Waals surface area contributed by atoms with Crippen LogP contribution in [0.4, 0.5) is 40.3 Å². The number of nitrogens with zero attached hydrogens (tertiary/aromatic N) is 11. The Bertz CT molecular complexity index is 7060. The van der Waals surface area contributed by atoms with E-state index in [0.29, 0.717) is 97.0 Å². The summed E-state index contributed by atoms with van der Waals surface area (Å²) in [4.78, 5) is 127. The van der Waals surface area contributed by atoms with Crippen molar-refractivity contribution in [2.24, 2.45) is 5.92 Å². The van der Waals surface area contributed by atoms with E-state index >= 15 is 0 Å². The Kier molecular flexibility index (Phi) is 27.9. The molecule has 0 radical (unpaired) electrons. The van der Waals surface area contributed by atoms with Crippen molar-refractivity contribution in [2.75, 3.05) is 66.3 Å². The van der Waals surface area contributed by atoms with Crippen LogP contribution in [0.1, 0.15) is 114 Å². The number of anilines is 7. The molecule has 9 N–H and O–H groups in total. The van der Waals surface area contributed by atoms with E-state index in [1.54, 1.807) is 37.2 Å². The first-order chi connectivity index (χ1) is 66.5. The molecule has 23 heteroatoms. The topological polar surface area (TPSA) is 321 Å². The molecule has 3 aliphatic rings. The maximum absolute atomic E-state index is 13.5. The zero-order chi connectivity index (χ0) is 93.4. The molecular weight excluding hydrogens is 1690 g/mol. The molecule has 11 aromatic carbocycles. The number of carbonyl (C=O) groups is 6. The van der Waals surface area contributed by atoms with Crippen LogP contribution < -0.4 is 27.0 Å². The fraction of sp³-hybridized carbons (Fsp3) is 0.204. The Morgan fingerprint density at radius 1 is 0.331 bits per heavy atom. The number of aromatic amines is 3. The third kappa shape index (κ3) is 21.4. The number of carbonyl (C=O) groups excluding carboxylic acids is 6. The lowest BCUT2D eigenvalue weighted by Gasteiger charge is -2.38. The van der Waals surface area contributed by atoms with Crippen molar-refractivity contribution in [3.63, 3.8) is 0 Å². The molecule has 680 valence electrons. The Labute approximate surface area is 790 Å². The highest BCUT2D eigenvalue weighted by Gasteiger charge is 2.34. The maximum Gasteiger partial charge on any atom is 0.230 e. The van der Waals surface area contributed by atoms with E-state index in [4.69, 9.17) is 37.1 Å². The minimum absolute atomic E-state index is 0.0597.